The number of benzene rings is 1. The highest BCUT2D eigenvalue weighted by Crippen LogP contribution is 2.33. The van der Waals surface area contributed by atoms with E-state index in [9.17, 15) is 4.79 Å². The highest BCUT2D eigenvalue weighted by Gasteiger charge is 2.24. The largest absolute Gasteiger partial charge is 0.454 e. The van der Waals surface area contributed by atoms with Crippen LogP contribution in [0, 0.1) is 0 Å². The molecule has 1 aromatic carbocycles. The van der Waals surface area contributed by atoms with E-state index in [0.29, 0.717) is 11.3 Å². The van der Waals surface area contributed by atoms with E-state index in [1.165, 1.54) is 0 Å². The number of Topliss-reactive ketones (excluding diaryl/α,β-unsaturated/α-hetero) is 1. The van der Waals surface area contributed by atoms with Crippen LogP contribution >= 0.6 is 0 Å². The molecule has 2 aliphatic heterocycles. The number of hydrogen-bond acceptors (Lipinski definition) is 4. The minimum absolute atomic E-state index is 0.0274. The summed E-state index contributed by atoms with van der Waals surface area (Å²) in [6.45, 7) is 1.18. The van der Waals surface area contributed by atoms with E-state index < -0.39 is 0 Å². The summed E-state index contributed by atoms with van der Waals surface area (Å²) in [5.74, 6) is 1.54. The van der Waals surface area contributed by atoms with Crippen molar-refractivity contribution in [3.63, 3.8) is 0 Å². The summed E-state index contributed by atoms with van der Waals surface area (Å²) in [4.78, 5) is 12.1. The van der Waals surface area contributed by atoms with Gasteiger partial charge >= 0.3 is 0 Å². The molecule has 3 rings (SSSR count). The lowest BCUT2D eigenvalue weighted by atomic mass is 10.0. The third-order valence-electron chi connectivity index (χ3n) is 3.03. The van der Waals surface area contributed by atoms with E-state index >= 15 is 0 Å². The first-order valence-electron chi connectivity index (χ1n) is 5.52. The Labute approximate surface area is 93.5 Å². The molecule has 2 heterocycles. The van der Waals surface area contributed by atoms with Gasteiger partial charge in [0.05, 0.1) is 6.04 Å². The SMILES string of the molecule is O=C(c1ccc2c(c1)OCO2)[C@H]1CCCN1. The molecule has 0 spiro atoms. The van der Waals surface area contributed by atoms with Crippen molar-refractivity contribution in [1.29, 1.82) is 0 Å². The second-order valence-electron chi connectivity index (χ2n) is 4.08. The molecular formula is C12H13NO3. The zero-order valence-corrected chi connectivity index (χ0v) is 8.86. The molecule has 1 N–H and O–H groups in total. The van der Waals surface area contributed by atoms with Gasteiger partial charge in [0.1, 0.15) is 0 Å². The number of nitrogens with one attached hydrogen (secondary N) is 1. The van der Waals surface area contributed by atoms with Crippen molar-refractivity contribution in [3.05, 3.63) is 23.8 Å². The minimum atomic E-state index is -0.0274. The van der Waals surface area contributed by atoms with E-state index in [-0.39, 0.29) is 18.6 Å². The number of fused-ring (bicyclic) bond motifs is 1. The summed E-state index contributed by atoms with van der Waals surface area (Å²) < 4.78 is 10.5. The molecule has 1 aromatic rings. The molecule has 1 saturated heterocycles. The number of carbonyl (C=O) groups excluding carboxylic acids is 1. The Morgan fingerprint density at radius 1 is 1.31 bits per heavy atom. The van der Waals surface area contributed by atoms with Crippen LogP contribution < -0.4 is 14.8 Å². The molecule has 0 saturated carbocycles. The van der Waals surface area contributed by atoms with Crippen LogP contribution in [0.25, 0.3) is 0 Å². The third kappa shape index (κ3) is 1.55. The van der Waals surface area contributed by atoms with Gasteiger partial charge in [-0.25, -0.2) is 0 Å². The number of hydrogen-bond donors (Lipinski definition) is 1. The van der Waals surface area contributed by atoms with Gasteiger partial charge in [-0.15, -0.1) is 0 Å². The predicted octanol–water partition coefficient (Wildman–Crippen LogP) is 1.35. The van der Waals surface area contributed by atoms with E-state index in [0.717, 1.165) is 25.1 Å². The normalized spacial score (nSPS) is 22.4. The standard InChI is InChI=1S/C12H13NO3/c14-12(9-2-1-5-13-9)8-3-4-10-11(6-8)16-7-15-10/h3-4,6,9,13H,1-2,5,7H2/t9-/m1/s1. The first kappa shape index (κ1) is 9.66. The molecule has 1 atom stereocenters. The fourth-order valence-electron chi connectivity index (χ4n) is 2.16. The predicted molar refractivity (Wildman–Crippen MR) is 57.9 cm³/mol. The van der Waals surface area contributed by atoms with Crippen molar-refractivity contribution in [2.45, 2.75) is 18.9 Å². The van der Waals surface area contributed by atoms with Crippen molar-refractivity contribution in [2.75, 3.05) is 13.3 Å². The molecule has 1 fully saturated rings. The molecule has 0 aliphatic carbocycles. The van der Waals surface area contributed by atoms with Gasteiger partial charge in [0.2, 0.25) is 6.79 Å². The monoisotopic (exact) mass is 219 g/mol. The molecule has 16 heavy (non-hydrogen) atoms. The van der Waals surface area contributed by atoms with Gasteiger partial charge in [0.15, 0.2) is 17.3 Å². The molecule has 0 bridgehead atoms. The Hall–Kier alpha value is -1.55. The van der Waals surface area contributed by atoms with Gasteiger partial charge in [0, 0.05) is 5.56 Å². The second-order valence-corrected chi connectivity index (χ2v) is 4.08. The number of carbonyl (C=O) groups is 1. The first-order valence-corrected chi connectivity index (χ1v) is 5.52. The van der Waals surface area contributed by atoms with Gasteiger partial charge in [-0.3, -0.25) is 4.79 Å². The number of ketones is 1. The average Bonchev–Trinajstić information content (AvgIpc) is 2.98. The highest BCUT2D eigenvalue weighted by atomic mass is 16.7. The van der Waals surface area contributed by atoms with E-state index in [4.69, 9.17) is 9.47 Å². The molecule has 0 amide bonds. The number of rotatable bonds is 2. The van der Waals surface area contributed by atoms with Crippen LogP contribution in [-0.4, -0.2) is 25.2 Å². The van der Waals surface area contributed by atoms with Crippen LogP contribution in [0.5, 0.6) is 11.5 Å². The molecule has 84 valence electrons. The zero-order valence-electron chi connectivity index (χ0n) is 8.86. The van der Waals surface area contributed by atoms with E-state index in [1.807, 2.05) is 0 Å². The first-order chi connectivity index (χ1) is 7.84. The number of ether oxygens (including phenoxy) is 2. The molecular weight excluding hydrogens is 206 g/mol. The summed E-state index contributed by atoms with van der Waals surface area (Å²) in [7, 11) is 0. The Bertz CT molecular complexity index is 424. The van der Waals surface area contributed by atoms with Crippen molar-refractivity contribution in [2.24, 2.45) is 0 Å². The Morgan fingerprint density at radius 3 is 3.00 bits per heavy atom. The van der Waals surface area contributed by atoms with E-state index in [2.05, 4.69) is 5.32 Å². The minimum Gasteiger partial charge on any atom is -0.454 e. The molecule has 0 radical (unpaired) electrons. The molecule has 0 aromatic heterocycles. The fraction of sp³-hybridized carbons (Fsp3) is 0.417. The van der Waals surface area contributed by atoms with Crippen LogP contribution in [0.4, 0.5) is 0 Å². The maximum Gasteiger partial charge on any atom is 0.231 e. The summed E-state index contributed by atoms with van der Waals surface area (Å²) in [5, 5.41) is 3.20. The third-order valence-corrected chi connectivity index (χ3v) is 3.03. The summed E-state index contributed by atoms with van der Waals surface area (Å²) >= 11 is 0. The second kappa shape index (κ2) is 3.79. The van der Waals surface area contributed by atoms with Crippen molar-refractivity contribution >= 4 is 5.78 Å². The van der Waals surface area contributed by atoms with Crippen LogP contribution in [-0.2, 0) is 0 Å². The van der Waals surface area contributed by atoms with Crippen LogP contribution in [0.15, 0.2) is 18.2 Å². The lowest BCUT2D eigenvalue weighted by molar-refractivity contribution is 0.0952. The zero-order chi connectivity index (χ0) is 11.0. The average molecular weight is 219 g/mol. The van der Waals surface area contributed by atoms with E-state index in [1.54, 1.807) is 18.2 Å². The van der Waals surface area contributed by atoms with Crippen LogP contribution in [0.3, 0.4) is 0 Å². The van der Waals surface area contributed by atoms with Crippen molar-refractivity contribution in [1.82, 2.24) is 5.32 Å². The smallest absolute Gasteiger partial charge is 0.231 e. The van der Waals surface area contributed by atoms with Crippen LogP contribution in [0.2, 0.25) is 0 Å². The quantitative estimate of drug-likeness (QED) is 0.763. The lowest BCUT2D eigenvalue weighted by Gasteiger charge is -2.09. The maximum atomic E-state index is 12.1. The molecule has 4 heteroatoms. The van der Waals surface area contributed by atoms with Crippen molar-refractivity contribution in [3.8, 4) is 11.5 Å². The maximum absolute atomic E-state index is 12.1. The highest BCUT2D eigenvalue weighted by molar-refractivity contribution is 6.00. The summed E-state index contributed by atoms with van der Waals surface area (Å²) in [6.07, 6.45) is 1.99. The fourth-order valence-corrected chi connectivity index (χ4v) is 2.16. The van der Waals surface area contributed by atoms with Gasteiger partial charge < -0.3 is 14.8 Å². The Kier molecular flexibility index (Phi) is 2.29. The molecule has 0 unspecified atom stereocenters. The summed E-state index contributed by atoms with van der Waals surface area (Å²) in [5.41, 5.74) is 0.698. The van der Waals surface area contributed by atoms with Crippen LogP contribution in [0.1, 0.15) is 23.2 Å². The van der Waals surface area contributed by atoms with Gasteiger partial charge in [-0.05, 0) is 37.6 Å². The van der Waals surface area contributed by atoms with Crippen molar-refractivity contribution < 1.29 is 14.3 Å². The topological polar surface area (TPSA) is 47.6 Å². The van der Waals surface area contributed by atoms with Gasteiger partial charge in [-0.1, -0.05) is 0 Å². The Morgan fingerprint density at radius 2 is 2.19 bits per heavy atom. The molecule has 2 aliphatic rings. The van der Waals surface area contributed by atoms with Gasteiger partial charge in [-0.2, -0.15) is 0 Å². The van der Waals surface area contributed by atoms with Gasteiger partial charge in [0.25, 0.3) is 0 Å². The molecule has 4 nitrogen and oxygen atoms in total. The Balaban J connectivity index is 1.86. The lowest BCUT2D eigenvalue weighted by Crippen LogP contribution is -2.30. The summed E-state index contributed by atoms with van der Waals surface area (Å²) in [6, 6.07) is 5.34.